The van der Waals surface area contributed by atoms with Gasteiger partial charge in [-0.15, -0.1) is 0 Å². The van der Waals surface area contributed by atoms with Crippen molar-refractivity contribution >= 4 is 17.7 Å². The highest BCUT2D eigenvalue weighted by atomic mass is 16.5. The lowest BCUT2D eigenvalue weighted by atomic mass is 10.1. The number of amides is 2. The maximum absolute atomic E-state index is 11.6. The lowest BCUT2D eigenvalue weighted by Crippen LogP contribution is -2.43. The lowest BCUT2D eigenvalue weighted by molar-refractivity contribution is -0.139. The van der Waals surface area contributed by atoms with Crippen LogP contribution in [0, 0.1) is 0 Å². The maximum Gasteiger partial charge on any atom is 0.326 e. The van der Waals surface area contributed by atoms with E-state index in [9.17, 15) is 9.59 Å². The molecule has 0 spiro atoms. The summed E-state index contributed by atoms with van der Waals surface area (Å²) in [5.41, 5.74) is 0.612. The number of urea groups is 1. The molecule has 1 unspecified atom stereocenters. The van der Waals surface area contributed by atoms with Gasteiger partial charge >= 0.3 is 12.0 Å². The van der Waals surface area contributed by atoms with Crippen LogP contribution in [0.15, 0.2) is 30.3 Å². The molecule has 0 heterocycles. The summed E-state index contributed by atoms with van der Waals surface area (Å²) in [4.78, 5) is 22.6. The van der Waals surface area contributed by atoms with Crippen LogP contribution in [0.2, 0.25) is 0 Å². The van der Waals surface area contributed by atoms with Crippen LogP contribution in [0.4, 0.5) is 10.5 Å². The van der Waals surface area contributed by atoms with Gasteiger partial charge in [0, 0.05) is 19.4 Å². The summed E-state index contributed by atoms with van der Waals surface area (Å²) < 4.78 is 4.85. The van der Waals surface area contributed by atoms with E-state index in [1.165, 1.54) is 0 Å². The number of hydrogen-bond acceptors (Lipinski definition) is 3. The van der Waals surface area contributed by atoms with E-state index >= 15 is 0 Å². The van der Waals surface area contributed by atoms with Crippen molar-refractivity contribution in [3.63, 3.8) is 0 Å². The Kier molecular flexibility index (Phi) is 6.38. The van der Waals surface area contributed by atoms with Gasteiger partial charge < -0.3 is 20.5 Å². The number of benzene rings is 1. The number of aliphatic carboxylic acids is 1. The van der Waals surface area contributed by atoms with Crippen molar-refractivity contribution in [3.8, 4) is 0 Å². The zero-order valence-corrected chi connectivity index (χ0v) is 10.8. The highest BCUT2D eigenvalue weighted by Gasteiger charge is 2.19. The predicted octanol–water partition coefficient (Wildman–Crippen LogP) is 1.69. The first-order chi connectivity index (χ1) is 9.13. The van der Waals surface area contributed by atoms with E-state index in [4.69, 9.17) is 9.84 Å². The largest absolute Gasteiger partial charge is 0.480 e. The molecule has 0 aromatic heterocycles. The second-order valence-electron chi connectivity index (χ2n) is 3.99. The molecule has 6 nitrogen and oxygen atoms in total. The number of hydrogen-bond donors (Lipinski definition) is 3. The van der Waals surface area contributed by atoms with Gasteiger partial charge in [0.25, 0.3) is 0 Å². The zero-order chi connectivity index (χ0) is 14.1. The topological polar surface area (TPSA) is 87.7 Å². The normalized spacial score (nSPS) is 11.6. The van der Waals surface area contributed by atoms with Gasteiger partial charge in [0.05, 0.1) is 0 Å². The predicted molar refractivity (Wildman–Crippen MR) is 71.1 cm³/mol. The molecule has 2 amide bonds. The summed E-state index contributed by atoms with van der Waals surface area (Å²) in [6, 6.07) is 7.38. The minimum absolute atomic E-state index is 0.325. The van der Waals surface area contributed by atoms with Crippen molar-refractivity contribution < 1.29 is 19.4 Å². The van der Waals surface area contributed by atoms with Gasteiger partial charge in [-0.05, 0) is 25.0 Å². The van der Waals surface area contributed by atoms with Crippen molar-refractivity contribution in [3.05, 3.63) is 30.3 Å². The Morgan fingerprint density at radius 3 is 2.58 bits per heavy atom. The van der Waals surface area contributed by atoms with Crippen LogP contribution in [0.1, 0.15) is 12.8 Å². The summed E-state index contributed by atoms with van der Waals surface area (Å²) in [6.07, 6.45) is 0.893. The van der Waals surface area contributed by atoms with Gasteiger partial charge in [-0.2, -0.15) is 0 Å². The van der Waals surface area contributed by atoms with E-state index in [-0.39, 0.29) is 0 Å². The summed E-state index contributed by atoms with van der Waals surface area (Å²) in [5, 5.41) is 14.0. The molecule has 0 aliphatic rings. The molecule has 104 valence electrons. The Bertz CT molecular complexity index is 408. The first kappa shape index (κ1) is 15.0. The van der Waals surface area contributed by atoms with E-state index in [1.807, 2.05) is 6.07 Å². The Balaban J connectivity index is 2.45. The van der Waals surface area contributed by atoms with E-state index in [0.29, 0.717) is 25.1 Å². The number of rotatable bonds is 7. The van der Waals surface area contributed by atoms with Crippen LogP contribution in [0.3, 0.4) is 0 Å². The molecule has 1 atom stereocenters. The average molecular weight is 266 g/mol. The molecule has 0 radical (unpaired) electrons. The quantitative estimate of drug-likeness (QED) is 0.655. The molecule has 1 aromatic carbocycles. The number of methoxy groups -OCH3 is 1. The van der Waals surface area contributed by atoms with E-state index < -0.39 is 18.0 Å². The van der Waals surface area contributed by atoms with Crippen molar-refractivity contribution in [1.82, 2.24) is 5.32 Å². The van der Waals surface area contributed by atoms with Crippen LogP contribution in [0.5, 0.6) is 0 Å². The number of ether oxygens (including phenoxy) is 1. The standard InChI is InChI=1S/C13H18N2O4/c1-19-9-5-8-11(12(16)17)15-13(18)14-10-6-3-2-4-7-10/h2-4,6-7,11H,5,8-9H2,1H3,(H,16,17)(H2,14,15,18). The number of carbonyl (C=O) groups excluding carboxylic acids is 1. The molecular formula is C13H18N2O4. The van der Waals surface area contributed by atoms with Crippen LogP contribution in [0.25, 0.3) is 0 Å². The fourth-order valence-electron chi connectivity index (χ4n) is 1.54. The lowest BCUT2D eigenvalue weighted by Gasteiger charge is -2.14. The van der Waals surface area contributed by atoms with Crippen molar-refractivity contribution in [2.24, 2.45) is 0 Å². The monoisotopic (exact) mass is 266 g/mol. The van der Waals surface area contributed by atoms with Crippen LogP contribution < -0.4 is 10.6 Å². The van der Waals surface area contributed by atoms with Gasteiger partial charge in [-0.1, -0.05) is 18.2 Å². The maximum atomic E-state index is 11.6. The first-order valence-corrected chi connectivity index (χ1v) is 5.98. The van der Waals surface area contributed by atoms with Gasteiger partial charge in [-0.25, -0.2) is 9.59 Å². The molecule has 1 rings (SSSR count). The Morgan fingerprint density at radius 2 is 2.00 bits per heavy atom. The molecule has 0 bridgehead atoms. The summed E-state index contributed by atoms with van der Waals surface area (Å²) >= 11 is 0. The third kappa shape index (κ3) is 5.87. The molecule has 19 heavy (non-hydrogen) atoms. The van der Waals surface area contributed by atoms with Gasteiger partial charge in [-0.3, -0.25) is 0 Å². The molecule has 0 saturated heterocycles. The number of nitrogens with one attached hydrogen (secondary N) is 2. The van der Waals surface area contributed by atoms with Crippen molar-refractivity contribution in [1.29, 1.82) is 0 Å². The van der Waals surface area contributed by atoms with Crippen LogP contribution in [-0.4, -0.2) is 36.9 Å². The minimum Gasteiger partial charge on any atom is -0.480 e. The average Bonchev–Trinajstić information content (AvgIpc) is 2.38. The number of para-hydroxylation sites is 1. The highest BCUT2D eigenvalue weighted by molar-refractivity contribution is 5.92. The first-order valence-electron chi connectivity index (χ1n) is 5.98. The SMILES string of the molecule is COCCCC(NC(=O)Nc1ccccc1)C(=O)O. The third-order valence-electron chi connectivity index (χ3n) is 2.48. The van der Waals surface area contributed by atoms with E-state index in [0.717, 1.165) is 0 Å². The Morgan fingerprint density at radius 1 is 1.32 bits per heavy atom. The van der Waals surface area contributed by atoms with Gasteiger partial charge in [0.2, 0.25) is 0 Å². The van der Waals surface area contributed by atoms with Crippen LogP contribution in [-0.2, 0) is 9.53 Å². The molecule has 1 aromatic rings. The Hall–Kier alpha value is -2.08. The highest BCUT2D eigenvalue weighted by Crippen LogP contribution is 2.05. The second-order valence-corrected chi connectivity index (χ2v) is 3.99. The summed E-state index contributed by atoms with van der Waals surface area (Å²) in [5.74, 6) is -1.06. The number of carboxylic acid groups (broad SMARTS) is 1. The van der Waals surface area contributed by atoms with E-state index in [1.54, 1.807) is 31.4 Å². The van der Waals surface area contributed by atoms with Gasteiger partial charge in [0.1, 0.15) is 6.04 Å². The molecular weight excluding hydrogens is 248 g/mol. The molecule has 0 fully saturated rings. The fraction of sp³-hybridized carbons (Fsp3) is 0.385. The van der Waals surface area contributed by atoms with E-state index in [2.05, 4.69) is 10.6 Å². The number of carboxylic acids is 1. The number of anilines is 1. The van der Waals surface area contributed by atoms with Crippen molar-refractivity contribution in [2.45, 2.75) is 18.9 Å². The molecule has 0 saturated carbocycles. The van der Waals surface area contributed by atoms with Crippen molar-refractivity contribution in [2.75, 3.05) is 19.0 Å². The summed E-state index contributed by atoms with van der Waals surface area (Å²) in [7, 11) is 1.55. The molecule has 6 heteroatoms. The zero-order valence-electron chi connectivity index (χ0n) is 10.8. The molecule has 0 aliphatic carbocycles. The Labute approximate surface area is 111 Å². The van der Waals surface area contributed by atoms with Crippen LogP contribution >= 0.6 is 0 Å². The molecule has 0 aliphatic heterocycles. The smallest absolute Gasteiger partial charge is 0.326 e. The van der Waals surface area contributed by atoms with Gasteiger partial charge in [0.15, 0.2) is 0 Å². The molecule has 3 N–H and O–H groups in total. The third-order valence-corrected chi connectivity index (χ3v) is 2.48. The fourth-order valence-corrected chi connectivity index (χ4v) is 1.54. The minimum atomic E-state index is -1.06. The summed E-state index contributed by atoms with van der Waals surface area (Å²) in [6.45, 7) is 0.464. The number of carbonyl (C=O) groups is 2. The second kappa shape index (κ2) is 8.10.